The van der Waals surface area contributed by atoms with E-state index in [0.717, 1.165) is 44.4 Å². The fraction of sp³-hybridized carbons (Fsp3) is 0.600. The molecule has 0 bridgehead atoms. The molecule has 3 nitrogen and oxygen atoms in total. The Hall–Kier alpha value is -1.33. The molecule has 1 unspecified atom stereocenters. The minimum Gasteiger partial charge on any atom is -0.301 e. The van der Waals surface area contributed by atoms with E-state index in [4.69, 9.17) is 9.98 Å². The van der Waals surface area contributed by atoms with Crippen LogP contribution in [0.25, 0.3) is 10.2 Å². The highest BCUT2D eigenvalue weighted by Crippen LogP contribution is 2.34. The Morgan fingerprint density at radius 2 is 2.08 bits per heavy atom. The van der Waals surface area contributed by atoms with Crippen LogP contribution in [-0.4, -0.2) is 48.4 Å². The molecule has 134 valence electrons. The fourth-order valence-electron chi connectivity index (χ4n) is 3.88. The highest BCUT2D eigenvalue weighted by Gasteiger charge is 2.23. The van der Waals surface area contributed by atoms with Gasteiger partial charge < -0.3 is 4.90 Å². The summed E-state index contributed by atoms with van der Waals surface area (Å²) >= 11 is 1.83. The summed E-state index contributed by atoms with van der Waals surface area (Å²) in [4.78, 5) is 11.9. The Bertz CT molecular complexity index is 761. The van der Waals surface area contributed by atoms with E-state index in [0.29, 0.717) is 18.4 Å². The Morgan fingerprint density at radius 1 is 1.24 bits per heavy atom. The van der Waals surface area contributed by atoms with Crippen LogP contribution in [0.1, 0.15) is 49.1 Å². The molecule has 3 heterocycles. The Balaban J connectivity index is 1.51. The summed E-state index contributed by atoms with van der Waals surface area (Å²) in [5, 5.41) is 1.26. The minimum absolute atomic E-state index is 0.239. The lowest BCUT2D eigenvalue weighted by molar-refractivity contribution is 0.197. The molecule has 0 amide bonds. The third-order valence-electron chi connectivity index (χ3n) is 5.54. The van der Waals surface area contributed by atoms with E-state index in [1.807, 2.05) is 11.3 Å². The third-order valence-corrected chi connectivity index (χ3v) is 6.74. The number of hydrogen-bond acceptors (Lipinski definition) is 4. The second kappa shape index (κ2) is 7.50. The first-order valence-electron chi connectivity index (χ1n) is 9.45. The maximum absolute atomic E-state index is 12.5. The normalized spacial score (nSPS) is 23.1. The van der Waals surface area contributed by atoms with E-state index >= 15 is 0 Å². The number of likely N-dealkylation sites (tertiary alicyclic amines) is 1. The number of piperidine rings is 1. The van der Waals surface area contributed by atoms with Crippen LogP contribution in [0.15, 0.2) is 23.2 Å². The topological polar surface area (TPSA) is 28.5 Å². The van der Waals surface area contributed by atoms with Crippen LogP contribution in [-0.2, 0) is 0 Å². The standard InChI is InChI=1S/C20H26FN3S/c1-14-2-4-17(22-13-14)16-3-5-19-18(12-16)23-20(25-19)15-6-9-24(10-7-15)11-8-21/h3,5,12,14-15H,2,4,6-11,13H2,1H3. The van der Waals surface area contributed by atoms with Crippen molar-refractivity contribution >= 4 is 27.3 Å². The number of alkyl halides is 1. The number of thiazole rings is 1. The SMILES string of the molecule is CC1CCC(c2ccc3sc(C4CCN(CCF)CC4)nc3c2)=NC1. The lowest BCUT2D eigenvalue weighted by Gasteiger charge is -2.30. The number of nitrogens with zero attached hydrogens (tertiary/aromatic N) is 3. The summed E-state index contributed by atoms with van der Waals surface area (Å²) in [6.45, 7) is 5.55. The van der Waals surface area contributed by atoms with Gasteiger partial charge in [-0.1, -0.05) is 13.0 Å². The number of aromatic nitrogens is 1. The number of rotatable bonds is 4. The van der Waals surface area contributed by atoms with Gasteiger partial charge >= 0.3 is 0 Å². The molecule has 1 aromatic carbocycles. The van der Waals surface area contributed by atoms with E-state index in [1.54, 1.807) is 0 Å². The minimum atomic E-state index is -0.239. The van der Waals surface area contributed by atoms with Crippen molar-refractivity contribution in [3.8, 4) is 0 Å². The van der Waals surface area contributed by atoms with Crippen LogP contribution >= 0.6 is 11.3 Å². The average Bonchev–Trinajstić information content (AvgIpc) is 3.06. The van der Waals surface area contributed by atoms with Gasteiger partial charge in [-0.25, -0.2) is 9.37 Å². The zero-order valence-corrected chi connectivity index (χ0v) is 15.7. The first kappa shape index (κ1) is 17.1. The van der Waals surface area contributed by atoms with Gasteiger partial charge in [0.2, 0.25) is 0 Å². The third kappa shape index (κ3) is 3.77. The summed E-state index contributed by atoms with van der Waals surface area (Å²) in [7, 11) is 0. The van der Waals surface area contributed by atoms with Crippen LogP contribution in [0, 0.1) is 5.92 Å². The molecule has 0 aliphatic carbocycles. The molecule has 1 atom stereocenters. The monoisotopic (exact) mass is 359 g/mol. The molecule has 2 aliphatic heterocycles. The number of aliphatic imine (C=N–C) groups is 1. The van der Waals surface area contributed by atoms with Crippen molar-refractivity contribution in [3.05, 3.63) is 28.8 Å². The van der Waals surface area contributed by atoms with Crippen LogP contribution in [0.5, 0.6) is 0 Å². The Labute approximate surface area is 153 Å². The molecule has 1 aromatic heterocycles. The fourth-order valence-corrected chi connectivity index (χ4v) is 4.99. The van der Waals surface area contributed by atoms with Crippen molar-refractivity contribution in [1.82, 2.24) is 9.88 Å². The Morgan fingerprint density at radius 3 is 2.80 bits per heavy atom. The van der Waals surface area contributed by atoms with Crippen molar-refractivity contribution in [2.75, 3.05) is 32.9 Å². The first-order chi connectivity index (χ1) is 12.2. The van der Waals surface area contributed by atoms with Crippen molar-refractivity contribution in [1.29, 1.82) is 0 Å². The predicted octanol–water partition coefficient (Wildman–Crippen LogP) is 4.66. The van der Waals surface area contributed by atoms with Crippen LogP contribution in [0.2, 0.25) is 0 Å². The van der Waals surface area contributed by atoms with Gasteiger partial charge in [-0.05, 0) is 62.4 Å². The summed E-state index contributed by atoms with van der Waals surface area (Å²) < 4.78 is 13.8. The van der Waals surface area contributed by atoms with Crippen molar-refractivity contribution in [2.24, 2.45) is 10.9 Å². The second-order valence-electron chi connectivity index (χ2n) is 7.47. The average molecular weight is 360 g/mol. The van der Waals surface area contributed by atoms with E-state index in [9.17, 15) is 4.39 Å². The van der Waals surface area contributed by atoms with Crippen molar-refractivity contribution in [2.45, 2.75) is 38.5 Å². The van der Waals surface area contributed by atoms with Crippen LogP contribution < -0.4 is 0 Å². The largest absolute Gasteiger partial charge is 0.301 e. The zero-order chi connectivity index (χ0) is 17.2. The van der Waals surface area contributed by atoms with E-state index in [2.05, 4.69) is 30.0 Å². The molecule has 0 radical (unpaired) electrons. The number of benzene rings is 1. The lowest BCUT2D eigenvalue weighted by atomic mass is 9.96. The maximum atomic E-state index is 12.5. The second-order valence-corrected chi connectivity index (χ2v) is 8.53. The van der Waals surface area contributed by atoms with E-state index in [1.165, 1.54) is 27.4 Å². The molecule has 1 saturated heterocycles. The van der Waals surface area contributed by atoms with Crippen LogP contribution in [0.3, 0.4) is 0 Å². The quantitative estimate of drug-likeness (QED) is 0.794. The van der Waals surface area contributed by atoms with Gasteiger partial charge in [0.25, 0.3) is 0 Å². The van der Waals surface area contributed by atoms with Crippen LogP contribution in [0.4, 0.5) is 4.39 Å². The predicted molar refractivity (Wildman–Crippen MR) is 104 cm³/mol. The van der Waals surface area contributed by atoms with E-state index in [-0.39, 0.29) is 6.67 Å². The number of halogens is 1. The first-order valence-corrected chi connectivity index (χ1v) is 10.3. The Kier molecular flexibility index (Phi) is 5.13. The molecule has 25 heavy (non-hydrogen) atoms. The number of hydrogen-bond donors (Lipinski definition) is 0. The summed E-state index contributed by atoms with van der Waals surface area (Å²) in [6, 6.07) is 6.65. The van der Waals surface area contributed by atoms with Gasteiger partial charge in [0.05, 0.1) is 15.2 Å². The van der Waals surface area contributed by atoms with Crippen molar-refractivity contribution < 1.29 is 4.39 Å². The molecule has 0 spiro atoms. The van der Waals surface area contributed by atoms with Gasteiger partial charge in [0.1, 0.15) is 6.67 Å². The lowest BCUT2D eigenvalue weighted by Crippen LogP contribution is -2.34. The molecule has 0 saturated carbocycles. The van der Waals surface area contributed by atoms with Gasteiger partial charge in [-0.2, -0.15) is 0 Å². The molecular weight excluding hydrogens is 333 g/mol. The zero-order valence-electron chi connectivity index (χ0n) is 14.9. The molecule has 1 fully saturated rings. The number of fused-ring (bicyclic) bond motifs is 1. The smallest absolute Gasteiger partial charge is 0.102 e. The summed E-state index contributed by atoms with van der Waals surface area (Å²) in [5.41, 5.74) is 3.60. The molecular formula is C20H26FN3S. The van der Waals surface area contributed by atoms with Gasteiger partial charge in [0, 0.05) is 24.7 Å². The van der Waals surface area contributed by atoms with Gasteiger partial charge in [-0.3, -0.25) is 4.99 Å². The summed E-state index contributed by atoms with van der Waals surface area (Å²) in [5.74, 6) is 1.24. The van der Waals surface area contributed by atoms with E-state index < -0.39 is 0 Å². The highest BCUT2D eigenvalue weighted by atomic mass is 32.1. The molecule has 4 rings (SSSR count). The molecule has 0 N–H and O–H groups in total. The van der Waals surface area contributed by atoms with Crippen molar-refractivity contribution in [3.63, 3.8) is 0 Å². The highest BCUT2D eigenvalue weighted by molar-refractivity contribution is 7.18. The summed E-state index contributed by atoms with van der Waals surface area (Å²) in [6.07, 6.45) is 4.50. The molecule has 5 heteroatoms. The molecule has 2 aliphatic rings. The van der Waals surface area contributed by atoms with Gasteiger partial charge in [0.15, 0.2) is 0 Å². The molecule has 2 aromatic rings. The maximum Gasteiger partial charge on any atom is 0.102 e. The van der Waals surface area contributed by atoms with Gasteiger partial charge in [-0.15, -0.1) is 11.3 Å².